The van der Waals surface area contributed by atoms with Crippen molar-refractivity contribution in [3.8, 4) is 0 Å². The van der Waals surface area contributed by atoms with Gasteiger partial charge in [0, 0.05) is 12.1 Å². The lowest BCUT2D eigenvalue weighted by molar-refractivity contribution is -0.144. The van der Waals surface area contributed by atoms with E-state index >= 15 is 0 Å². The first kappa shape index (κ1) is 13.6. The van der Waals surface area contributed by atoms with Crippen molar-refractivity contribution in [1.82, 2.24) is 4.90 Å². The zero-order valence-electron chi connectivity index (χ0n) is 9.87. The van der Waals surface area contributed by atoms with Gasteiger partial charge in [-0.1, -0.05) is 6.07 Å². The zero-order chi connectivity index (χ0) is 12.8. The monoisotopic (exact) mass is 243 g/mol. The molecule has 0 unspecified atom stereocenters. The molecule has 0 aromatic heterocycles. The Kier molecular flexibility index (Phi) is 5.03. The number of hydrogen-bond acceptors (Lipinski definition) is 3. The van der Waals surface area contributed by atoms with Gasteiger partial charge in [-0.25, -0.2) is 8.78 Å². The highest BCUT2D eigenvalue weighted by molar-refractivity contribution is 5.71. The Morgan fingerprint density at radius 1 is 1.35 bits per heavy atom. The highest BCUT2D eigenvalue weighted by atomic mass is 19.1. The molecule has 0 saturated heterocycles. The predicted molar refractivity (Wildman–Crippen MR) is 59.3 cm³/mol. The summed E-state index contributed by atoms with van der Waals surface area (Å²) in [4.78, 5) is 12.7. The summed E-state index contributed by atoms with van der Waals surface area (Å²) in [7, 11) is 1.60. The fraction of sp³-hybridized carbons (Fsp3) is 0.417. The number of benzene rings is 1. The van der Waals surface area contributed by atoms with Gasteiger partial charge >= 0.3 is 5.97 Å². The van der Waals surface area contributed by atoms with Crippen molar-refractivity contribution in [3.05, 3.63) is 35.4 Å². The quantitative estimate of drug-likeness (QED) is 0.740. The number of hydrogen-bond donors (Lipinski definition) is 0. The normalized spacial score (nSPS) is 10.6. The zero-order valence-corrected chi connectivity index (χ0v) is 9.87. The number of rotatable bonds is 5. The Labute approximate surface area is 99.0 Å². The van der Waals surface area contributed by atoms with Gasteiger partial charge in [0.15, 0.2) is 0 Å². The summed E-state index contributed by atoms with van der Waals surface area (Å²) < 4.78 is 31.4. The second-order valence-electron chi connectivity index (χ2n) is 3.68. The highest BCUT2D eigenvalue weighted by Gasteiger charge is 2.13. The van der Waals surface area contributed by atoms with Crippen LogP contribution >= 0.6 is 0 Å². The molecule has 94 valence electrons. The Hall–Kier alpha value is -1.49. The molecule has 1 aromatic rings. The molecular weight excluding hydrogens is 228 g/mol. The predicted octanol–water partition coefficient (Wildman–Crippen LogP) is 1.96. The smallest absolute Gasteiger partial charge is 0.320 e. The fourth-order valence-electron chi connectivity index (χ4n) is 1.44. The van der Waals surface area contributed by atoms with E-state index < -0.39 is 17.6 Å². The molecule has 0 aliphatic carbocycles. The molecule has 0 amide bonds. The van der Waals surface area contributed by atoms with Gasteiger partial charge in [-0.2, -0.15) is 0 Å². The van der Waals surface area contributed by atoms with E-state index in [0.717, 1.165) is 0 Å². The maximum absolute atomic E-state index is 13.3. The summed E-state index contributed by atoms with van der Waals surface area (Å²) in [6.07, 6.45) is 0. The van der Waals surface area contributed by atoms with Crippen LogP contribution in [-0.2, 0) is 16.1 Å². The van der Waals surface area contributed by atoms with Crippen molar-refractivity contribution in [2.75, 3.05) is 20.2 Å². The van der Waals surface area contributed by atoms with Gasteiger partial charge < -0.3 is 4.74 Å². The average Bonchev–Trinajstić information content (AvgIpc) is 2.24. The molecule has 0 saturated carbocycles. The van der Waals surface area contributed by atoms with Crippen LogP contribution in [0.1, 0.15) is 12.5 Å². The fourth-order valence-corrected chi connectivity index (χ4v) is 1.44. The number of likely N-dealkylation sites (N-methyl/N-ethyl adjacent to an activating group) is 1. The second-order valence-corrected chi connectivity index (χ2v) is 3.68. The SMILES string of the molecule is CCOC(=O)CN(C)Cc1c(F)cccc1F. The summed E-state index contributed by atoms with van der Waals surface area (Å²) in [6.45, 7) is 2.02. The summed E-state index contributed by atoms with van der Waals surface area (Å²) in [5.41, 5.74) is -0.0423. The van der Waals surface area contributed by atoms with Gasteiger partial charge in [0.2, 0.25) is 0 Å². The van der Waals surface area contributed by atoms with E-state index in [1.807, 2.05) is 0 Å². The summed E-state index contributed by atoms with van der Waals surface area (Å²) in [5.74, 6) is -1.63. The van der Waals surface area contributed by atoms with Crippen molar-refractivity contribution in [3.63, 3.8) is 0 Å². The lowest BCUT2D eigenvalue weighted by Crippen LogP contribution is -2.27. The van der Waals surface area contributed by atoms with Gasteiger partial charge in [0.25, 0.3) is 0 Å². The van der Waals surface area contributed by atoms with Crippen molar-refractivity contribution in [1.29, 1.82) is 0 Å². The molecule has 17 heavy (non-hydrogen) atoms. The first-order chi connectivity index (χ1) is 8.04. The highest BCUT2D eigenvalue weighted by Crippen LogP contribution is 2.13. The van der Waals surface area contributed by atoms with Crippen molar-refractivity contribution < 1.29 is 18.3 Å². The Bertz CT molecular complexity index is 376. The van der Waals surface area contributed by atoms with E-state index in [1.54, 1.807) is 14.0 Å². The average molecular weight is 243 g/mol. The Balaban J connectivity index is 2.62. The number of carbonyl (C=O) groups is 1. The molecule has 0 heterocycles. The van der Waals surface area contributed by atoms with Crippen LogP contribution in [-0.4, -0.2) is 31.1 Å². The van der Waals surface area contributed by atoms with Crippen LogP contribution in [0.3, 0.4) is 0 Å². The van der Waals surface area contributed by atoms with Crippen LogP contribution < -0.4 is 0 Å². The molecular formula is C12H15F2NO2. The largest absolute Gasteiger partial charge is 0.465 e. The van der Waals surface area contributed by atoms with Crippen LogP contribution in [0.5, 0.6) is 0 Å². The second kappa shape index (κ2) is 6.30. The van der Waals surface area contributed by atoms with E-state index in [-0.39, 0.29) is 18.7 Å². The van der Waals surface area contributed by atoms with Gasteiger partial charge in [-0.15, -0.1) is 0 Å². The number of nitrogens with zero attached hydrogens (tertiary/aromatic N) is 1. The third-order valence-corrected chi connectivity index (χ3v) is 2.19. The molecule has 0 spiro atoms. The molecule has 3 nitrogen and oxygen atoms in total. The molecule has 0 aliphatic heterocycles. The maximum Gasteiger partial charge on any atom is 0.320 e. The Morgan fingerprint density at radius 2 is 1.94 bits per heavy atom. The minimum absolute atomic E-state index is 0.00160. The minimum atomic E-state index is -0.610. The van der Waals surface area contributed by atoms with Crippen molar-refractivity contribution >= 4 is 5.97 Å². The van der Waals surface area contributed by atoms with E-state index in [4.69, 9.17) is 4.74 Å². The number of esters is 1. The molecule has 0 N–H and O–H groups in total. The molecule has 1 rings (SSSR count). The lowest BCUT2D eigenvalue weighted by atomic mass is 10.2. The van der Waals surface area contributed by atoms with Crippen LogP contribution in [0, 0.1) is 11.6 Å². The van der Waals surface area contributed by atoms with E-state index in [0.29, 0.717) is 6.61 Å². The molecule has 0 atom stereocenters. The standard InChI is InChI=1S/C12H15F2NO2/c1-3-17-12(16)8-15(2)7-9-10(13)5-4-6-11(9)14/h4-6H,3,7-8H2,1-2H3. The minimum Gasteiger partial charge on any atom is -0.465 e. The topological polar surface area (TPSA) is 29.5 Å². The Morgan fingerprint density at radius 3 is 2.47 bits per heavy atom. The van der Waals surface area contributed by atoms with Crippen LogP contribution in [0.15, 0.2) is 18.2 Å². The third-order valence-electron chi connectivity index (χ3n) is 2.19. The summed E-state index contributed by atoms with van der Waals surface area (Å²) in [6, 6.07) is 3.69. The van der Waals surface area contributed by atoms with Gasteiger partial charge in [0.1, 0.15) is 11.6 Å². The van der Waals surface area contributed by atoms with Crippen molar-refractivity contribution in [2.45, 2.75) is 13.5 Å². The molecule has 0 fully saturated rings. The maximum atomic E-state index is 13.3. The van der Waals surface area contributed by atoms with Gasteiger partial charge in [-0.05, 0) is 26.1 Å². The van der Waals surface area contributed by atoms with E-state index in [2.05, 4.69) is 0 Å². The van der Waals surface area contributed by atoms with Gasteiger partial charge in [-0.3, -0.25) is 9.69 Å². The number of carbonyl (C=O) groups excluding carboxylic acids is 1. The first-order valence-electron chi connectivity index (χ1n) is 5.31. The molecule has 0 radical (unpaired) electrons. The molecule has 1 aromatic carbocycles. The van der Waals surface area contributed by atoms with Crippen LogP contribution in [0.2, 0.25) is 0 Å². The molecule has 5 heteroatoms. The lowest BCUT2D eigenvalue weighted by Gasteiger charge is -2.16. The number of halogens is 2. The van der Waals surface area contributed by atoms with E-state index in [1.165, 1.54) is 23.1 Å². The summed E-state index contributed by atoms with van der Waals surface area (Å²) in [5, 5.41) is 0. The van der Waals surface area contributed by atoms with E-state index in [9.17, 15) is 13.6 Å². The summed E-state index contributed by atoms with van der Waals surface area (Å²) >= 11 is 0. The van der Waals surface area contributed by atoms with Gasteiger partial charge in [0.05, 0.1) is 13.2 Å². The molecule has 0 aliphatic rings. The molecule has 0 bridgehead atoms. The number of ether oxygens (including phenoxy) is 1. The van der Waals surface area contributed by atoms with Crippen LogP contribution in [0.25, 0.3) is 0 Å². The third kappa shape index (κ3) is 4.11. The first-order valence-corrected chi connectivity index (χ1v) is 5.31. The van der Waals surface area contributed by atoms with Crippen LogP contribution in [0.4, 0.5) is 8.78 Å². The van der Waals surface area contributed by atoms with Crippen molar-refractivity contribution in [2.24, 2.45) is 0 Å².